The standard InChI is InChI=1S/C16H23ClFN3O/c17-14-3-1-4-15(18)13(14)11-20-7-2-8-21-9-5-12(6-10-21)16(19)22/h1,3-4,12,20H,2,5-11H2,(H2,19,22). The van der Waals surface area contributed by atoms with E-state index in [1.807, 2.05) is 0 Å². The topological polar surface area (TPSA) is 58.4 Å². The molecule has 1 aliphatic heterocycles. The van der Waals surface area contributed by atoms with E-state index >= 15 is 0 Å². The van der Waals surface area contributed by atoms with Gasteiger partial charge in [0.15, 0.2) is 0 Å². The molecule has 2 rings (SSSR count). The summed E-state index contributed by atoms with van der Waals surface area (Å²) in [5, 5.41) is 3.68. The second-order valence-electron chi connectivity index (χ2n) is 5.75. The van der Waals surface area contributed by atoms with E-state index in [1.54, 1.807) is 12.1 Å². The molecule has 1 amide bonds. The average Bonchev–Trinajstić information content (AvgIpc) is 2.50. The Morgan fingerprint density at radius 2 is 2.14 bits per heavy atom. The van der Waals surface area contributed by atoms with Crippen LogP contribution in [0.5, 0.6) is 0 Å². The Hall–Kier alpha value is -1.17. The van der Waals surface area contributed by atoms with Crippen LogP contribution < -0.4 is 11.1 Å². The van der Waals surface area contributed by atoms with Crippen LogP contribution in [0.25, 0.3) is 0 Å². The van der Waals surface area contributed by atoms with Gasteiger partial charge in [-0.2, -0.15) is 0 Å². The maximum Gasteiger partial charge on any atom is 0.220 e. The number of rotatable bonds is 7. The molecular formula is C16H23ClFN3O. The van der Waals surface area contributed by atoms with Gasteiger partial charge in [-0.05, 0) is 57.6 Å². The monoisotopic (exact) mass is 327 g/mol. The SMILES string of the molecule is NC(=O)C1CCN(CCCNCc2c(F)cccc2Cl)CC1. The number of halogens is 2. The number of hydrogen-bond donors (Lipinski definition) is 2. The number of primary amides is 1. The fourth-order valence-corrected chi connectivity index (χ4v) is 3.01. The van der Waals surface area contributed by atoms with E-state index < -0.39 is 0 Å². The van der Waals surface area contributed by atoms with Crippen LogP contribution in [0.1, 0.15) is 24.8 Å². The Kier molecular flexibility index (Phi) is 6.61. The van der Waals surface area contributed by atoms with Crippen molar-refractivity contribution >= 4 is 17.5 Å². The lowest BCUT2D eigenvalue weighted by atomic mass is 9.96. The first kappa shape index (κ1) is 17.2. The van der Waals surface area contributed by atoms with Crippen LogP contribution in [0.3, 0.4) is 0 Å². The van der Waals surface area contributed by atoms with E-state index in [2.05, 4.69) is 10.2 Å². The first-order chi connectivity index (χ1) is 10.6. The Balaban J connectivity index is 1.61. The van der Waals surface area contributed by atoms with Crippen molar-refractivity contribution in [2.24, 2.45) is 11.7 Å². The zero-order valence-electron chi connectivity index (χ0n) is 12.7. The van der Waals surface area contributed by atoms with Crippen molar-refractivity contribution < 1.29 is 9.18 Å². The number of nitrogens with zero attached hydrogens (tertiary/aromatic N) is 1. The van der Waals surface area contributed by atoms with E-state index in [4.69, 9.17) is 17.3 Å². The molecule has 1 aromatic rings. The van der Waals surface area contributed by atoms with E-state index in [1.165, 1.54) is 6.07 Å². The molecule has 0 atom stereocenters. The van der Waals surface area contributed by atoms with Crippen LogP contribution in [-0.2, 0) is 11.3 Å². The van der Waals surface area contributed by atoms with Gasteiger partial charge in [-0.3, -0.25) is 4.79 Å². The lowest BCUT2D eigenvalue weighted by Crippen LogP contribution is -2.39. The first-order valence-corrected chi connectivity index (χ1v) is 8.11. The summed E-state index contributed by atoms with van der Waals surface area (Å²) in [6, 6.07) is 4.73. The average molecular weight is 328 g/mol. The van der Waals surface area contributed by atoms with Gasteiger partial charge in [-0.1, -0.05) is 17.7 Å². The lowest BCUT2D eigenvalue weighted by molar-refractivity contribution is -0.123. The molecule has 1 fully saturated rings. The van der Waals surface area contributed by atoms with Gasteiger partial charge in [0.1, 0.15) is 5.82 Å². The molecule has 4 nitrogen and oxygen atoms in total. The first-order valence-electron chi connectivity index (χ1n) is 7.73. The van der Waals surface area contributed by atoms with Crippen molar-refractivity contribution in [3.63, 3.8) is 0 Å². The van der Waals surface area contributed by atoms with Crippen LogP contribution >= 0.6 is 11.6 Å². The molecule has 0 unspecified atom stereocenters. The number of hydrogen-bond acceptors (Lipinski definition) is 3. The van der Waals surface area contributed by atoms with Crippen LogP contribution in [0.2, 0.25) is 5.02 Å². The fourth-order valence-electron chi connectivity index (χ4n) is 2.78. The van der Waals surface area contributed by atoms with Gasteiger partial charge in [-0.25, -0.2) is 4.39 Å². The molecule has 122 valence electrons. The molecule has 0 spiro atoms. The van der Waals surface area contributed by atoms with Crippen molar-refractivity contribution in [2.45, 2.75) is 25.8 Å². The van der Waals surface area contributed by atoms with Crippen molar-refractivity contribution in [3.05, 3.63) is 34.6 Å². The van der Waals surface area contributed by atoms with Crippen molar-refractivity contribution in [2.75, 3.05) is 26.2 Å². The predicted octanol–water partition coefficient (Wildman–Crippen LogP) is 2.16. The Bertz CT molecular complexity index is 484. The minimum absolute atomic E-state index is 0.0394. The molecule has 1 aromatic carbocycles. The van der Waals surface area contributed by atoms with Gasteiger partial charge in [0.25, 0.3) is 0 Å². The molecule has 0 bridgehead atoms. The number of benzene rings is 1. The number of piperidine rings is 1. The van der Waals surface area contributed by atoms with Gasteiger partial charge < -0.3 is 16.0 Å². The summed E-state index contributed by atoms with van der Waals surface area (Å²) < 4.78 is 13.6. The molecule has 0 aromatic heterocycles. The van der Waals surface area contributed by atoms with E-state index in [9.17, 15) is 9.18 Å². The third kappa shape index (κ3) is 4.93. The molecule has 0 aliphatic carbocycles. The maximum absolute atomic E-state index is 13.6. The summed E-state index contributed by atoms with van der Waals surface area (Å²) in [5.74, 6) is -0.408. The van der Waals surface area contributed by atoms with E-state index in [-0.39, 0.29) is 17.6 Å². The van der Waals surface area contributed by atoms with E-state index in [0.29, 0.717) is 17.1 Å². The smallest absolute Gasteiger partial charge is 0.220 e. The van der Waals surface area contributed by atoms with Crippen LogP contribution in [0.4, 0.5) is 4.39 Å². The van der Waals surface area contributed by atoms with Crippen molar-refractivity contribution in [1.29, 1.82) is 0 Å². The number of amides is 1. The third-order valence-corrected chi connectivity index (χ3v) is 4.54. The minimum atomic E-state index is -0.270. The normalized spacial score (nSPS) is 16.8. The lowest BCUT2D eigenvalue weighted by Gasteiger charge is -2.30. The number of likely N-dealkylation sites (tertiary alicyclic amines) is 1. The zero-order valence-corrected chi connectivity index (χ0v) is 13.4. The molecule has 1 aliphatic rings. The van der Waals surface area contributed by atoms with Crippen LogP contribution in [0.15, 0.2) is 18.2 Å². The predicted molar refractivity (Wildman–Crippen MR) is 86.1 cm³/mol. The minimum Gasteiger partial charge on any atom is -0.369 e. The molecule has 1 heterocycles. The summed E-state index contributed by atoms with van der Waals surface area (Å²) in [4.78, 5) is 13.4. The molecule has 0 radical (unpaired) electrons. The Morgan fingerprint density at radius 1 is 1.41 bits per heavy atom. The Labute approximate surface area is 135 Å². The second-order valence-corrected chi connectivity index (χ2v) is 6.16. The summed E-state index contributed by atoms with van der Waals surface area (Å²) in [5.41, 5.74) is 5.84. The summed E-state index contributed by atoms with van der Waals surface area (Å²) in [6.07, 6.45) is 2.69. The van der Waals surface area contributed by atoms with Gasteiger partial charge in [0, 0.05) is 23.0 Å². The number of nitrogens with one attached hydrogen (secondary N) is 1. The summed E-state index contributed by atoms with van der Waals surface area (Å²) in [7, 11) is 0. The number of carbonyl (C=O) groups excluding carboxylic acids is 1. The fraction of sp³-hybridized carbons (Fsp3) is 0.562. The highest BCUT2D eigenvalue weighted by molar-refractivity contribution is 6.31. The molecular weight excluding hydrogens is 305 g/mol. The quantitative estimate of drug-likeness (QED) is 0.754. The Morgan fingerprint density at radius 3 is 2.77 bits per heavy atom. The second kappa shape index (κ2) is 8.46. The third-order valence-electron chi connectivity index (χ3n) is 4.18. The highest BCUT2D eigenvalue weighted by Crippen LogP contribution is 2.19. The molecule has 1 saturated heterocycles. The highest BCUT2D eigenvalue weighted by Gasteiger charge is 2.22. The van der Waals surface area contributed by atoms with Crippen LogP contribution in [0, 0.1) is 11.7 Å². The number of carbonyl (C=O) groups is 1. The molecule has 6 heteroatoms. The molecule has 22 heavy (non-hydrogen) atoms. The maximum atomic E-state index is 13.6. The zero-order chi connectivity index (χ0) is 15.9. The van der Waals surface area contributed by atoms with Gasteiger partial charge >= 0.3 is 0 Å². The largest absolute Gasteiger partial charge is 0.369 e. The van der Waals surface area contributed by atoms with Gasteiger partial charge in [-0.15, -0.1) is 0 Å². The summed E-state index contributed by atoms with van der Waals surface area (Å²) >= 11 is 5.98. The van der Waals surface area contributed by atoms with Crippen molar-refractivity contribution in [3.8, 4) is 0 Å². The van der Waals surface area contributed by atoms with Gasteiger partial charge in [0.05, 0.1) is 0 Å². The van der Waals surface area contributed by atoms with Gasteiger partial charge in [0.2, 0.25) is 5.91 Å². The summed E-state index contributed by atoms with van der Waals surface area (Å²) in [6.45, 7) is 4.07. The molecule has 3 N–H and O–H groups in total. The van der Waals surface area contributed by atoms with Crippen molar-refractivity contribution in [1.82, 2.24) is 10.2 Å². The molecule has 0 saturated carbocycles. The van der Waals surface area contributed by atoms with E-state index in [0.717, 1.165) is 45.4 Å². The number of nitrogens with two attached hydrogens (primary N) is 1. The highest BCUT2D eigenvalue weighted by atomic mass is 35.5. The van der Waals surface area contributed by atoms with Crippen LogP contribution in [-0.4, -0.2) is 37.0 Å².